The van der Waals surface area contributed by atoms with Crippen LogP contribution in [0.15, 0.2) is 243 Å². The fraction of sp³-hybridized carbons (Fsp3) is 0. The lowest BCUT2D eigenvalue weighted by molar-refractivity contribution is 1.17. The summed E-state index contributed by atoms with van der Waals surface area (Å²) in [7, 11) is 0.256. The standard InChI is InChI=1S/C44H33N6P.C12H9N/c1-5-17-33(18-6-1)49(34-19-7-2-8-20-34)41-29-13-25-37(45-41)39-27-15-31-43(47-39)51-44-32-16-28-40(48-44)38-26-14-30-42(46-38)50(35-21-9-3-10-22-35)36-23-11-4-12-24-36;1-3-7-11-9(5-1)10-6-2-4-8-12(10)13-11/h1-32,51H;1-8,13H. The average molecular weight is 844 g/mol. The molecule has 11 aromatic rings. The smallest absolute Gasteiger partial charge is 0.138 e. The van der Waals surface area contributed by atoms with Gasteiger partial charge in [0.15, 0.2) is 0 Å². The highest BCUT2D eigenvalue weighted by atomic mass is 31.1. The van der Waals surface area contributed by atoms with E-state index in [-0.39, 0.29) is 8.58 Å². The molecule has 1 N–H and O–H groups in total. The zero-order chi connectivity index (χ0) is 42.9. The van der Waals surface area contributed by atoms with Crippen LogP contribution in [0.4, 0.5) is 34.4 Å². The second-order valence-corrected chi connectivity index (χ2v) is 16.2. The van der Waals surface area contributed by atoms with Gasteiger partial charge in [-0.3, -0.25) is 9.80 Å². The minimum Gasteiger partial charge on any atom is -0.355 e. The van der Waals surface area contributed by atoms with Crippen molar-refractivity contribution in [3.63, 3.8) is 0 Å². The molecule has 0 bridgehead atoms. The average Bonchev–Trinajstić information content (AvgIpc) is 3.75. The molecular formula is C56H42N7P. The van der Waals surface area contributed by atoms with Gasteiger partial charge in [-0.05, 0) is 118 Å². The summed E-state index contributed by atoms with van der Waals surface area (Å²) in [6.45, 7) is 0. The number of benzene rings is 6. The Bertz CT molecular complexity index is 2970. The van der Waals surface area contributed by atoms with E-state index in [1.165, 1.54) is 21.8 Å². The van der Waals surface area contributed by atoms with E-state index in [0.29, 0.717) is 0 Å². The van der Waals surface area contributed by atoms with Crippen LogP contribution in [-0.2, 0) is 0 Å². The Morgan fingerprint density at radius 2 is 0.594 bits per heavy atom. The summed E-state index contributed by atoms with van der Waals surface area (Å²) >= 11 is 0. The molecular weight excluding hydrogens is 802 g/mol. The lowest BCUT2D eigenvalue weighted by Crippen LogP contribution is -2.13. The summed E-state index contributed by atoms with van der Waals surface area (Å²) in [5.41, 5.74) is 11.7. The van der Waals surface area contributed by atoms with Gasteiger partial charge in [-0.25, -0.2) is 19.9 Å². The highest BCUT2D eigenvalue weighted by Crippen LogP contribution is 2.35. The van der Waals surface area contributed by atoms with E-state index in [4.69, 9.17) is 19.9 Å². The molecule has 0 aliphatic carbocycles. The topological polar surface area (TPSA) is 73.8 Å². The van der Waals surface area contributed by atoms with Gasteiger partial charge in [-0.15, -0.1) is 0 Å². The zero-order valence-electron chi connectivity index (χ0n) is 34.8. The van der Waals surface area contributed by atoms with Crippen molar-refractivity contribution in [3.8, 4) is 22.8 Å². The predicted octanol–water partition coefficient (Wildman–Crippen LogP) is 13.5. The maximum atomic E-state index is 5.10. The van der Waals surface area contributed by atoms with Gasteiger partial charge in [0.2, 0.25) is 0 Å². The van der Waals surface area contributed by atoms with Crippen LogP contribution < -0.4 is 20.7 Å². The second kappa shape index (κ2) is 18.8. The number of hydrogen-bond acceptors (Lipinski definition) is 6. The van der Waals surface area contributed by atoms with Gasteiger partial charge in [0.05, 0.1) is 33.6 Å². The highest BCUT2D eigenvalue weighted by Gasteiger charge is 2.17. The Morgan fingerprint density at radius 3 is 0.969 bits per heavy atom. The van der Waals surface area contributed by atoms with Crippen LogP contribution in [0.1, 0.15) is 0 Å². The molecule has 0 saturated carbocycles. The van der Waals surface area contributed by atoms with Crippen LogP contribution in [0.5, 0.6) is 0 Å². The third-order valence-electron chi connectivity index (χ3n) is 10.7. The van der Waals surface area contributed by atoms with Gasteiger partial charge in [-0.1, -0.05) is 133 Å². The molecule has 64 heavy (non-hydrogen) atoms. The SMILES string of the molecule is c1ccc(N(c2ccccc2)c2cccc(-c3cccc(Pc4cccc(-c5cccc(N(c6ccccc6)c6ccccc6)n5)n4)n3)n2)cc1.c1ccc2c(c1)[nH]c1ccccc12. The molecule has 6 aromatic carbocycles. The quantitative estimate of drug-likeness (QED) is 0.138. The Labute approximate surface area is 374 Å². The molecule has 0 radical (unpaired) electrons. The van der Waals surface area contributed by atoms with E-state index in [2.05, 4.69) is 124 Å². The normalized spacial score (nSPS) is 10.9. The number of aromatic amines is 1. The first-order valence-corrected chi connectivity index (χ1v) is 22.2. The molecule has 0 saturated heterocycles. The molecule has 7 nitrogen and oxygen atoms in total. The van der Waals surface area contributed by atoms with Gasteiger partial charge in [-0.2, -0.15) is 0 Å². The van der Waals surface area contributed by atoms with Crippen molar-refractivity contribution >= 4 is 75.6 Å². The molecule has 11 rings (SSSR count). The summed E-state index contributed by atoms with van der Waals surface area (Å²) in [5.74, 6) is 1.64. The van der Waals surface area contributed by atoms with Crippen LogP contribution in [0.25, 0.3) is 44.6 Å². The third-order valence-corrected chi connectivity index (χ3v) is 11.7. The molecule has 5 heterocycles. The number of nitrogens with zero attached hydrogens (tertiary/aromatic N) is 6. The number of hydrogen-bond donors (Lipinski definition) is 1. The molecule has 0 unspecified atom stereocenters. The van der Waals surface area contributed by atoms with Gasteiger partial charge < -0.3 is 4.98 Å². The number of anilines is 6. The molecule has 5 aromatic heterocycles. The molecule has 8 heteroatoms. The first-order valence-electron chi connectivity index (χ1n) is 21.2. The molecule has 0 spiro atoms. The zero-order valence-corrected chi connectivity index (χ0v) is 35.8. The first-order chi connectivity index (χ1) is 31.7. The Kier molecular flexibility index (Phi) is 11.7. The predicted molar refractivity (Wildman–Crippen MR) is 268 cm³/mol. The maximum absolute atomic E-state index is 5.10. The number of nitrogens with one attached hydrogen (secondary N) is 1. The van der Waals surface area contributed by atoms with E-state index in [9.17, 15) is 0 Å². The van der Waals surface area contributed by atoms with E-state index < -0.39 is 0 Å². The molecule has 0 aliphatic heterocycles. The number of pyridine rings is 4. The molecule has 0 amide bonds. The van der Waals surface area contributed by atoms with Crippen molar-refractivity contribution < 1.29 is 0 Å². The molecule has 0 atom stereocenters. The summed E-state index contributed by atoms with van der Waals surface area (Å²) in [4.78, 5) is 28.0. The van der Waals surface area contributed by atoms with Gasteiger partial charge in [0.25, 0.3) is 0 Å². The fourth-order valence-electron chi connectivity index (χ4n) is 7.74. The monoisotopic (exact) mass is 843 g/mol. The molecule has 306 valence electrons. The number of aromatic nitrogens is 5. The summed E-state index contributed by atoms with van der Waals surface area (Å²) in [6.07, 6.45) is 0. The minimum atomic E-state index is 0.256. The Hall–Kier alpha value is -8.25. The van der Waals surface area contributed by atoms with Gasteiger partial charge >= 0.3 is 0 Å². The summed E-state index contributed by atoms with van der Waals surface area (Å²) < 4.78 is 0. The fourth-order valence-corrected chi connectivity index (χ4v) is 8.71. The maximum Gasteiger partial charge on any atom is 0.138 e. The summed E-state index contributed by atoms with van der Waals surface area (Å²) in [6, 6.07) is 82.3. The van der Waals surface area contributed by atoms with Gasteiger partial charge in [0, 0.05) is 44.6 Å². The highest BCUT2D eigenvalue weighted by molar-refractivity contribution is 7.54. The van der Waals surface area contributed by atoms with Crippen molar-refractivity contribution in [2.45, 2.75) is 0 Å². The molecule has 0 fully saturated rings. The van der Waals surface area contributed by atoms with Crippen LogP contribution >= 0.6 is 8.58 Å². The molecule has 0 aliphatic rings. The van der Waals surface area contributed by atoms with Crippen LogP contribution in [0.3, 0.4) is 0 Å². The van der Waals surface area contributed by atoms with E-state index in [0.717, 1.165) is 68.0 Å². The van der Waals surface area contributed by atoms with Crippen molar-refractivity contribution in [1.29, 1.82) is 0 Å². The van der Waals surface area contributed by atoms with Crippen molar-refractivity contribution in [2.75, 3.05) is 9.80 Å². The minimum absolute atomic E-state index is 0.256. The van der Waals surface area contributed by atoms with Crippen molar-refractivity contribution in [1.82, 2.24) is 24.9 Å². The van der Waals surface area contributed by atoms with Gasteiger partial charge in [0.1, 0.15) is 11.6 Å². The van der Waals surface area contributed by atoms with E-state index in [1.54, 1.807) is 0 Å². The van der Waals surface area contributed by atoms with Crippen LogP contribution in [0, 0.1) is 0 Å². The largest absolute Gasteiger partial charge is 0.355 e. The van der Waals surface area contributed by atoms with Crippen molar-refractivity contribution in [2.24, 2.45) is 0 Å². The number of fused-ring (bicyclic) bond motifs is 3. The second-order valence-electron chi connectivity index (χ2n) is 14.9. The Balaban J connectivity index is 0.000000316. The first kappa shape index (κ1) is 39.9. The lowest BCUT2D eigenvalue weighted by Gasteiger charge is -2.24. The van der Waals surface area contributed by atoms with Crippen LogP contribution in [-0.4, -0.2) is 24.9 Å². The Morgan fingerprint density at radius 1 is 0.281 bits per heavy atom. The van der Waals surface area contributed by atoms with Crippen LogP contribution in [0.2, 0.25) is 0 Å². The third kappa shape index (κ3) is 8.88. The van der Waals surface area contributed by atoms with E-state index in [1.807, 2.05) is 133 Å². The lowest BCUT2D eigenvalue weighted by atomic mass is 10.2. The van der Waals surface area contributed by atoms with Crippen molar-refractivity contribution in [3.05, 3.63) is 243 Å². The number of para-hydroxylation sites is 6. The summed E-state index contributed by atoms with van der Waals surface area (Å²) in [5, 5.41) is 2.61. The number of H-pyrrole nitrogens is 1. The number of rotatable bonds is 10. The van der Waals surface area contributed by atoms with E-state index >= 15 is 0 Å².